The van der Waals surface area contributed by atoms with Crippen molar-refractivity contribution in [2.24, 2.45) is 5.92 Å². The van der Waals surface area contributed by atoms with E-state index in [4.69, 9.17) is 11.6 Å². The highest BCUT2D eigenvalue weighted by molar-refractivity contribution is 6.31. The smallest absolute Gasteiger partial charge is 0.224 e. The number of piperidine rings is 1. The van der Waals surface area contributed by atoms with Crippen LogP contribution in [0.3, 0.4) is 0 Å². The van der Waals surface area contributed by atoms with Crippen molar-refractivity contribution < 1.29 is 9.18 Å². The Morgan fingerprint density at radius 3 is 2.56 bits per heavy atom. The maximum Gasteiger partial charge on any atom is 0.224 e. The molecule has 3 aromatic carbocycles. The van der Waals surface area contributed by atoms with Gasteiger partial charge in [0.05, 0.1) is 5.92 Å². The van der Waals surface area contributed by atoms with Crippen molar-refractivity contribution in [3.8, 4) is 0 Å². The summed E-state index contributed by atoms with van der Waals surface area (Å²) in [6, 6.07) is 23.1. The number of nitrogens with one attached hydrogen (secondary N) is 1. The molecule has 166 valence electrons. The zero-order valence-electron chi connectivity index (χ0n) is 18.2. The molecule has 0 spiro atoms. The fraction of sp³-hybridized carbons (Fsp3) is 0.296. The molecule has 3 nitrogen and oxygen atoms in total. The van der Waals surface area contributed by atoms with Gasteiger partial charge >= 0.3 is 0 Å². The first kappa shape index (κ1) is 22.5. The minimum absolute atomic E-state index is 0.0570. The molecule has 1 aliphatic heterocycles. The van der Waals surface area contributed by atoms with Gasteiger partial charge in [0.2, 0.25) is 5.91 Å². The summed E-state index contributed by atoms with van der Waals surface area (Å²) in [6.45, 7) is 4.45. The molecule has 0 saturated carbocycles. The summed E-state index contributed by atoms with van der Waals surface area (Å²) < 4.78 is 13.9. The lowest BCUT2D eigenvalue weighted by molar-refractivity contribution is -0.127. The van der Waals surface area contributed by atoms with Crippen LogP contribution in [0, 0.1) is 18.7 Å². The van der Waals surface area contributed by atoms with Crippen molar-refractivity contribution >= 4 is 17.5 Å². The second-order valence-electron chi connectivity index (χ2n) is 8.63. The van der Waals surface area contributed by atoms with E-state index in [-0.39, 0.29) is 23.6 Å². The molecular weight excluding hydrogens is 423 g/mol. The number of hydrogen-bond donors (Lipinski definition) is 1. The summed E-state index contributed by atoms with van der Waals surface area (Å²) >= 11 is 6.40. The normalized spacial score (nSPS) is 19.0. The number of aryl methyl sites for hydroxylation is 1. The summed E-state index contributed by atoms with van der Waals surface area (Å²) in [7, 11) is 0. The van der Waals surface area contributed by atoms with Crippen LogP contribution in [0.15, 0.2) is 72.8 Å². The standard InChI is InChI=1S/C27H28ClFN2O/c1-19-13-21(11-12-26(19)29)23-14-24(27(32)30-15-20-7-3-2-4-8-20)18-31(17-23)16-22-9-5-6-10-25(22)28/h2-13,23-24H,14-18H2,1H3,(H,30,32)/t23-,24-/m0/s1. The Morgan fingerprint density at radius 2 is 1.81 bits per heavy atom. The van der Waals surface area contributed by atoms with Crippen molar-refractivity contribution in [2.75, 3.05) is 13.1 Å². The topological polar surface area (TPSA) is 32.3 Å². The van der Waals surface area contributed by atoms with Crippen molar-refractivity contribution in [1.29, 1.82) is 0 Å². The molecule has 1 fully saturated rings. The van der Waals surface area contributed by atoms with Crippen LogP contribution < -0.4 is 5.32 Å². The summed E-state index contributed by atoms with van der Waals surface area (Å²) in [4.78, 5) is 15.4. The summed E-state index contributed by atoms with van der Waals surface area (Å²) in [5.41, 5.74) is 3.84. The minimum Gasteiger partial charge on any atom is -0.352 e. The van der Waals surface area contributed by atoms with Gasteiger partial charge in [-0.05, 0) is 53.6 Å². The molecule has 32 heavy (non-hydrogen) atoms. The van der Waals surface area contributed by atoms with Crippen LogP contribution in [0.2, 0.25) is 5.02 Å². The molecule has 0 radical (unpaired) electrons. The number of carbonyl (C=O) groups excluding carboxylic acids is 1. The molecule has 0 bridgehead atoms. The van der Waals surface area contributed by atoms with E-state index in [9.17, 15) is 9.18 Å². The van der Waals surface area contributed by atoms with Gasteiger partial charge in [-0.2, -0.15) is 0 Å². The summed E-state index contributed by atoms with van der Waals surface area (Å²) in [5, 5.41) is 3.84. The van der Waals surface area contributed by atoms with Gasteiger partial charge in [-0.1, -0.05) is 72.3 Å². The largest absolute Gasteiger partial charge is 0.352 e. The molecule has 5 heteroatoms. The third-order valence-corrected chi connectivity index (χ3v) is 6.58. The Balaban J connectivity index is 1.52. The number of halogens is 2. The van der Waals surface area contributed by atoms with E-state index >= 15 is 0 Å². The molecular formula is C27H28ClFN2O. The number of amides is 1. The van der Waals surface area contributed by atoms with Gasteiger partial charge in [0.15, 0.2) is 0 Å². The number of likely N-dealkylation sites (tertiary alicyclic amines) is 1. The predicted molar refractivity (Wildman–Crippen MR) is 127 cm³/mol. The molecule has 1 amide bonds. The van der Waals surface area contributed by atoms with Crippen LogP contribution in [0.5, 0.6) is 0 Å². The van der Waals surface area contributed by atoms with Crippen molar-refractivity contribution in [1.82, 2.24) is 10.2 Å². The lowest BCUT2D eigenvalue weighted by Gasteiger charge is -2.37. The van der Waals surface area contributed by atoms with Crippen LogP contribution >= 0.6 is 11.6 Å². The molecule has 0 unspecified atom stereocenters. The van der Waals surface area contributed by atoms with Gasteiger partial charge < -0.3 is 5.32 Å². The summed E-state index contributed by atoms with van der Waals surface area (Å²) in [6.07, 6.45) is 0.741. The van der Waals surface area contributed by atoms with Gasteiger partial charge in [-0.3, -0.25) is 9.69 Å². The first-order valence-electron chi connectivity index (χ1n) is 11.0. The SMILES string of the molecule is Cc1cc([C@H]2C[C@H](C(=O)NCc3ccccc3)CN(Cc3ccccc3Cl)C2)ccc1F. The Morgan fingerprint density at radius 1 is 1.06 bits per heavy atom. The van der Waals surface area contributed by atoms with Crippen LogP contribution in [0.4, 0.5) is 4.39 Å². The number of benzene rings is 3. The molecule has 0 aliphatic carbocycles. The Kier molecular flexibility index (Phi) is 7.23. The monoisotopic (exact) mass is 450 g/mol. The molecule has 3 aromatic rings. The van der Waals surface area contributed by atoms with Crippen molar-refractivity contribution in [2.45, 2.75) is 32.4 Å². The molecule has 1 saturated heterocycles. The Bertz CT molecular complexity index is 1070. The highest BCUT2D eigenvalue weighted by Gasteiger charge is 2.32. The van der Waals surface area contributed by atoms with Crippen LogP contribution in [-0.2, 0) is 17.9 Å². The van der Waals surface area contributed by atoms with E-state index in [1.807, 2.05) is 66.7 Å². The van der Waals surface area contributed by atoms with Crippen LogP contribution in [-0.4, -0.2) is 23.9 Å². The summed E-state index contributed by atoms with van der Waals surface area (Å²) in [5.74, 6) is -0.139. The van der Waals surface area contributed by atoms with Gasteiger partial charge in [0.1, 0.15) is 5.82 Å². The van der Waals surface area contributed by atoms with Crippen LogP contribution in [0.1, 0.15) is 34.6 Å². The zero-order valence-corrected chi connectivity index (χ0v) is 19.0. The molecule has 0 aromatic heterocycles. The molecule has 2 atom stereocenters. The van der Waals surface area contributed by atoms with E-state index in [0.717, 1.165) is 34.7 Å². The first-order valence-corrected chi connectivity index (χ1v) is 11.4. The van der Waals surface area contributed by atoms with Gasteiger partial charge in [0.25, 0.3) is 0 Å². The second-order valence-corrected chi connectivity index (χ2v) is 9.03. The molecule has 1 aliphatic rings. The van der Waals surface area contributed by atoms with E-state index in [0.29, 0.717) is 25.2 Å². The fourth-order valence-corrected chi connectivity index (χ4v) is 4.67. The zero-order chi connectivity index (χ0) is 22.5. The predicted octanol–water partition coefficient (Wildman–Crippen LogP) is 5.71. The fourth-order valence-electron chi connectivity index (χ4n) is 4.47. The maximum atomic E-state index is 13.9. The Hall–Kier alpha value is -2.69. The lowest BCUT2D eigenvalue weighted by Crippen LogP contribution is -2.45. The second kappa shape index (κ2) is 10.3. The third kappa shape index (κ3) is 5.56. The Labute approximate surface area is 194 Å². The minimum atomic E-state index is -0.199. The number of rotatable bonds is 6. The highest BCUT2D eigenvalue weighted by Crippen LogP contribution is 2.33. The highest BCUT2D eigenvalue weighted by atomic mass is 35.5. The van der Waals surface area contributed by atoms with Crippen molar-refractivity contribution in [3.05, 3.63) is 106 Å². The van der Waals surface area contributed by atoms with Gasteiger partial charge in [0, 0.05) is 31.2 Å². The van der Waals surface area contributed by atoms with E-state index in [1.54, 1.807) is 6.92 Å². The molecule has 1 heterocycles. The molecule has 4 rings (SSSR count). The number of nitrogens with zero attached hydrogens (tertiary/aromatic N) is 1. The van der Waals surface area contributed by atoms with Crippen molar-refractivity contribution in [3.63, 3.8) is 0 Å². The third-order valence-electron chi connectivity index (χ3n) is 6.21. The van der Waals surface area contributed by atoms with Crippen LogP contribution in [0.25, 0.3) is 0 Å². The van der Waals surface area contributed by atoms with E-state index < -0.39 is 0 Å². The van der Waals surface area contributed by atoms with E-state index in [1.165, 1.54) is 6.07 Å². The number of hydrogen-bond acceptors (Lipinski definition) is 2. The first-order chi connectivity index (χ1) is 15.5. The quantitative estimate of drug-likeness (QED) is 0.521. The van der Waals surface area contributed by atoms with Gasteiger partial charge in [-0.25, -0.2) is 4.39 Å². The number of carbonyl (C=O) groups is 1. The average molecular weight is 451 g/mol. The maximum absolute atomic E-state index is 13.9. The lowest BCUT2D eigenvalue weighted by atomic mass is 9.83. The van der Waals surface area contributed by atoms with E-state index in [2.05, 4.69) is 10.2 Å². The van der Waals surface area contributed by atoms with Gasteiger partial charge in [-0.15, -0.1) is 0 Å². The molecule has 1 N–H and O–H groups in total. The average Bonchev–Trinajstić information content (AvgIpc) is 2.81.